The van der Waals surface area contributed by atoms with Gasteiger partial charge in [-0.15, -0.1) is 0 Å². The van der Waals surface area contributed by atoms with Gasteiger partial charge in [-0.05, 0) is 152 Å². The average molecular weight is 579 g/mol. The SMILES string of the molecule is CC1=C(C)c2nc1cc1[nH]c(cc3[nH]c(cc4nc(c2-c2cc5ccccc5cc2CO)C(C)=C4C)c(C)c3C)c(C)c1C. The number of fused-ring (bicyclic) bond motifs is 9. The summed E-state index contributed by atoms with van der Waals surface area (Å²) in [6.07, 6.45) is 0. The van der Waals surface area contributed by atoms with E-state index in [2.05, 4.69) is 114 Å². The first-order valence-corrected chi connectivity index (χ1v) is 15.3. The molecule has 0 saturated carbocycles. The lowest BCUT2D eigenvalue weighted by molar-refractivity contribution is 0.282. The third kappa shape index (κ3) is 4.18. The van der Waals surface area contributed by atoms with E-state index in [0.717, 1.165) is 94.6 Å². The number of aromatic amines is 2. The van der Waals surface area contributed by atoms with Gasteiger partial charge in [0.25, 0.3) is 0 Å². The van der Waals surface area contributed by atoms with Crippen LogP contribution in [0, 0.1) is 27.7 Å². The summed E-state index contributed by atoms with van der Waals surface area (Å²) in [4.78, 5) is 18.1. The van der Waals surface area contributed by atoms with Gasteiger partial charge in [0, 0.05) is 27.6 Å². The second kappa shape index (κ2) is 10.2. The normalized spacial score (nSPS) is 13.5. The number of H-pyrrole nitrogens is 2. The molecule has 0 spiro atoms. The van der Waals surface area contributed by atoms with Crippen molar-refractivity contribution in [1.29, 1.82) is 0 Å². The second-order valence-electron chi connectivity index (χ2n) is 12.4. The van der Waals surface area contributed by atoms with Crippen molar-refractivity contribution >= 4 is 55.1 Å². The number of aromatic nitrogens is 4. The number of allylic oxidation sites excluding steroid dienone is 4. The molecular formula is C39H38N4O. The summed E-state index contributed by atoms with van der Waals surface area (Å²) in [5.41, 5.74) is 20.1. The zero-order valence-electron chi connectivity index (χ0n) is 26.7. The zero-order valence-corrected chi connectivity index (χ0v) is 26.7. The molecule has 5 heteroatoms. The minimum atomic E-state index is -0.0803. The Balaban J connectivity index is 1.73. The van der Waals surface area contributed by atoms with Gasteiger partial charge in [-0.3, -0.25) is 0 Å². The van der Waals surface area contributed by atoms with Crippen molar-refractivity contribution in [2.45, 2.75) is 62.0 Å². The molecule has 2 aliphatic heterocycles. The molecule has 3 N–H and O–H groups in total. The van der Waals surface area contributed by atoms with Crippen LogP contribution in [0.15, 0.2) is 54.6 Å². The lowest BCUT2D eigenvalue weighted by atomic mass is 9.90. The van der Waals surface area contributed by atoms with Crippen molar-refractivity contribution in [3.8, 4) is 11.1 Å². The van der Waals surface area contributed by atoms with Crippen LogP contribution in [-0.4, -0.2) is 25.0 Å². The van der Waals surface area contributed by atoms with Crippen molar-refractivity contribution < 1.29 is 5.11 Å². The second-order valence-corrected chi connectivity index (χ2v) is 12.4. The van der Waals surface area contributed by atoms with Crippen molar-refractivity contribution in [3.63, 3.8) is 0 Å². The number of rotatable bonds is 2. The molecule has 0 atom stereocenters. The predicted molar refractivity (Wildman–Crippen MR) is 185 cm³/mol. The molecule has 7 rings (SSSR count). The number of hydrogen-bond donors (Lipinski definition) is 3. The fraction of sp³-hybridized carbons (Fsp3) is 0.231. The third-order valence-electron chi connectivity index (χ3n) is 10.1. The minimum Gasteiger partial charge on any atom is -0.392 e. The Labute approximate surface area is 258 Å². The first-order valence-electron chi connectivity index (χ1n) is 15.3. The molecule has 5 nitrogen and oxygen atoms in total. The molecule has 5 heterocycles. The molecular weight excluding hydrogens is 540 g/mol. The van der Waals surface area contributed by atoms with Crippen LogP contribution in [0.1, 0.15) is 78.3 Å². The molecule has 3 aromatic heterocycles. The molecule has 8 bridgehead atoms. The van der Waals surface area contributed by atoms with E-state index in [-0.39, 0.29) is 6.61 Å². The fourth-order valence-corrected chi connectivity index (χ4v) is 6.57. The summed E-state index contributed by atoms with van der Waals surface area (Å²) >= 11 is 0. The standard InChI is InChI=1S/C39H38N4O/c1-19-21(3)33-16-35-23(5)25(7)38(42-35)37(30-14-28-12-10-9-11-27(28)13-29(30)18-44)39-26(8)24(6)36(43-39)17-34-22(4)20(2)32(41-34)15-31(19)40-33/h9-17,40-41,44H,18H2,1-8H3. The highest BCUT2D eigenvalue weighted by Gasteiger charge is 2.26. The van der Waals surface area contributed by atoms with Crippen molar-refractivity contribution in [2.24, 2.45) is 0 Å². The van der Waals surface area contributed by atoms with E-state index in [4.69, 9.17) is 9.97 Å². The summed E-state index contributed by atoms with van der Waals surface area (Å²) in [5, 5.41) is 12.9. The van der Waals surface area contributed by atoms with Gasteiger partial charge in [-0.25, -0.2) is 9.97 Å². The summed E-state index contributed by atoms with van der Waals surface area (Å²) in [6, 6.07) is 19.2. The smallest absolute Gasteiger partial charge is 0.0769 e. The molecule has 5 aromatic rings. The average Bonchev–Trinajstić information content (AvgIpc) is 3.65. The summed E-state index contributed by atoms with van der Waals surface area (Å²) < 4.78 is 0. The molecule has 0 amide bonds. The monoisotopic (exact) mass is 578 g/mol. The van der Waals surface area contributed by atoms with E-state index in [1.807, 2.05) is 6.07 Å². The number of aliphatic hydroxyl groups excluding tert-OH is 1. The molecule has 0 unspecified atom stereocenters. The van der Waals surface area contributed by atoms with Crippen LogP contribution in [0.5, 0.6) is 0 Å². The van der Waals surface area contributed by atoms with Gasteiger partial charge in [-0.2, -0.15) is 0 Å². The Bertz CT molecular complexity index is 2180. The van der Waals surface area contributed by atoms with Crippen LogP contribution in [-0.2, 0) is 6.61 Å². The molecule has 44 heavy (non-hydrogen) atoms. The van der Waals surface area contributed by atoms with Gasteiger partial charge >= 0.3 is 0 Å². The number of nitrogens with zero attached hydrogens (tertiary/aromatic N) is 2. The van der Waals surface area contributed by atoms with Crippen LogP contribution >= 0.6 is 0 Å². The van der Waals surface area contributed by atoms with Gasteiger partial charge in [0.1, 0.15) is 0 Å². The Morgan fingerprint density at radius 1 is 0.545 bits per heavy atom. The van der Waals surface area contributed by atoms with Gasteiger partial charge in [0.2, 0.25) is 0 Å². The van der Waals surface area contributed by atoms with E-state index in [1.165, 1.54) is 22.3 Å². The summed E-state index contributed by atoms with van der Waals surface area (Å²) in [5.74, 6) is 0. The molecule has 2 aliphatic rings. The molecule has 220 valence electrons. The van der Waals surface area contributed by atoms with Crippen molar-refractivity contribution in [2.75, 3.05) is 0 Å². The highest BCUT2D eigenvalue weighted by molar-refractivity contribution is 6.03. The number of nitrogens with one attached hydrogen (secondary N) is 2. The van der Waals surface area contributed by atoms with Crippen LogP contribution < -0.4 is 0 Å². The maximum atomic E-state index is 10.7. The zero-order chi connectivity index (χ0) is 31.0. The Morgan fingerprint density at radius 2 is 0.977 bits per heavy atom. The van der Waals surface area contributed by atoms with Crippen LogP contribution in [0.3, 0.4) is 0 Å². The lowest BCUT2D eigenvalue weighted by Crippen LogP contribution is -1.98. The van der Waals surface area contributed by atoms with Crippen LogP contribution in [0.2, 0.25) is 0 Å². The van der Waals surface area contributed by atoms with E-state index >= 15 is 0 Å². The third-order valence-corrected chi connectivity index (χ3v) is 10.1. The molecule has 0 saturated heterocycles. The summed E-state index contributed by atoms with van der Waals surface area (Å²) in [7, 11) is 0. The number of aryl methyl sites for hydroxylation is 4. The van der Waals surface area contributed by atoms with Gasteiger partial charge < -0.3 is 15.1 Å². The van der Waals surface area contributed by atoms with Crippen molar-refractivity contribution in [1.82, 2.24) is 19.9 Å². The van der Waals surface area contributed by atoms with E-state index in [0.29, 0.717) is 0 Å². The van der Waals surface area contributed by atoms with Gasteiger partial charge in [0.05, 0.1) is 29.4 Å². The van der Waals surface area contributed by atoms with E-state index in [1.54, 1.807) is 0 Å². The number of benzene rings is 2. The quantitative estimate of drug-likeness (QED) is 0.195. The summed E-state index contributed by atoms with van der Waals surface area (Å²) in [6.45, 7) is 17.2. The molecule has 0 fully saturated rings. The van der Waals surface area contributed by atoms with Crippen LogP contribution in [0.4, 0.5) is 0 Å². The van der Waals surface area contributed by atoms with Crippen LogP contribution in [0.25, 0.3) is 66.3 Å². The van der Waals surface area contributed by atoms with E-state index < -0.39 is 0 Å². The van der Waals surface area contributed by atoms with Gasteiger partial charge in [-0.1, -0.05) is 24.3 Å². The Morgan fingerprint density at radius 3 is 1.43 bits per heavy atom. The highest BCUT2D eigenvalue weighted by atomic mass is 16.3. The van der Waals surface area contributed by atoms with E-state index in [9.17, 15) is 5.11 Å². The lowest BCUT2D eigenvalue weighted by Gasteiger charge is -2.15. The fourth-order valence-electron chi connectivity index (χ4n) is 6.57. The molecule has 2 aromatic carbocycles. The maximum Gasteiger partial charge on any atom is 0.0769 e. The first kappa shape index (κ1) is 28.1. The predicted octanol–water partition coefficient (Wildman–Crippen LogP) is 9.76. The molecule has 0 aliphatic carbocycles. The highest BCUT2D eigenvalue weighted by Crippen LogP contribution is 2.43. The minimum absolute atomic E-state index is 0.0803. The number of hydrogen-bond acceptors (Lipinski definition) is 3. The van der Waals surface area contributed by atoms with Crippen molar-refractivity contribution in [3.05, 3.63) is 105 Å². The Kier molecular flexibility index (Phi) is 6.49. The maximum absolute atomic E-state index is 10.7. The van der Waals surface area contributed by atoms with Gasteiger partial charge in [0.15, 0.2) is 0 Å². The number of aliphatic hydroxyl groups is 1. The first-order chi connectivity index (χ1) is 21.1. The molecule has 0 radical (unpaired) electrons. The topological polar surface area (TPSA) is 77.6 Å². The largest absolute Gasteiger partial charge is 0.392 e. The Hall–Kier alpha value is -4.74.